The lowest BCUT2D eigenvalue weighted by Crippen LogP contribution is -2.41. The van der Waals surface area contributed by atoms with Gasteiger partial charge in [-0.15, -0.1) is 13.2 Å². The van der Waals surface area contributed by atoms with Gasteiger partial charge in [-0.05, 0) is 63.1 Å². The summed E-state index contributed by atoms with van der Waals surface area (Å²) >= 11 is 0. The van der Waals surface area contributed by atoms with Crippen LogP contribution in [0.25, 0.3) is 10.9 Å². The van der Waals surface area contributed by atoms with Gasteiger partial charge in [0.05, 0.1) is 5.52 Å². The molecule has 0 saturated carbocycles. The van der Waals surface area contributed by atoms with Gasteiger partial charge in [0, 0.05) is 42.5 Å². The SMILES string of the molecule is CC(C)N1CCC(Oc2ccc3cnc(Nc4ccc(OC(F)(F)F)cc4)nc3c2)CC1. The number of ether oxygens (including phenoxy) is 2. The van der Waals surface area contributed by atoms with E-state index in [2.05, 4.69) is 38.8 Å². The van der Waals surface area contributed by atoms with Crippen molar-refractivity contribution >= 4 is 22.5 Å². The summed E-state index contributed by atoms with van der Waals surface area (Å²) < 4.78 is 47.0. The van der Waals surface area contributed by atoms with E-state index in [0.717, 1.165) is 42.6 Å². The van der Waals surface area contributed by atoms with Gasteiger partial charge < -0.3 is 19.7 Å². The van der Waals surface area contributed by atoms with Crippen molar-refractivity contribution in [3.8, 4) is 11.5 Å². The summed E-state index contributed by atoms with van der Waals surface area (Å²) in [6, 6.07) is 11.7. The Bertz CT molecular complexity index is 1050. The first-order chi connectivity index (χ1) is 15.2. The van der Waals surface area contributed by atoms with E-state index in [4.69, 9.17) is 4.74 Å². The molecule has 0 radical (unpaired) electrons. The van der Waals surface area contributed by atoms with Crippen LogP contribution < -0.4 is 14.8 Å². The van der Waals surface area contributed by atoms with Gasteiger partial charge in [0.1, 0.15) is 17.6 Å². The molecule has 0 atom stereocenters. The van der Waals surface area contributed by atoms with Gasteiger partial charge in [-0.3, -0.25) is 0 Å². The van der Waals surface area contributed by atoms with Crippen molar-refractivity contribution in [3.63, 3.8) is 0 Å². The van der Waals surface area contributed by atoms with Crippen LogP contribution in [0, 0.1) is 0 Å². The van der Waals surface area contributed by atoms with Gasteiger partial charge in [-0.2, -0.15) is 0 Å². The van der Waals surface area contributed by atoms with Crippen LogP contribution in [0.1, 0.15) is 26.7 Å². The van der Waals surface area contributed by atoms with Crippen LogP contribution in [0.3, 0.4) is 0 Å². The second-order valence-electron chi connectivity index (χ2n) is 8.06. The summed E-state index contributed by atoms with van der Waals surface area (Å²) in [6.07, 6.45) is -0.876. The van der Waals surface area contributed by atoms with Gasteiger partial charge in [0.25, 0.3) is 0 Å². The smallest absolute Gasteiger partial charge is 0.490 e. The molecule has 32 heavy (non-hydrogen) atoms. The molecule has 0 amide bonds. The molecule has 1 saturated heterocycles. The molecule has 0 spiro atoms. The Balaban J connectivity index is 1.42. The van der Waals surface area contributed by atoms with E-state index in [1.54, 1.807) is 6.20 Å². The summed E-state index contributed by atoms with van der Waals surface area (Å²) in [7, 11) is 0. The summed E-state index contributed by atoms with van der Waals surface area (Å²) in [5.41, 5.74) is 1.26. The predicted octanol–water partition coefficient (Wildman–Crippen LogP) is 5.52. The van der Waals surface area contributed by atoms with Crippen LogP contribution >= 0.6 is 0 Å². The minimum Gasteiger partial charge on any atom is -0.490 e. The Morgan fingerprint density at radius 3 is 2.38 bits per heavy atom. The molecule has 0 unspecified atom stereocenters. The maximum atomic E-state index is 12.3. The van der Waals surface area contributed by atoms with Crippen LogP contribution in [0.4, 0.5) is 24.8 Å². The van der Waals surface area contributed by atoms with Gasteiger partial charge in [-0.25, -0.2) is 9.97 Å². The molecular weight excluding hydrogens is 421 g/mol. The van der Waals surface area contributed by atoms with Crippen LogP contribution in [0.15, 0.2) is 48.7 Å². The molecule has 1 aliphatic heterocycles. The molecule has 4 rings (SSSR count). The number of halogens is 3. The highest BCUT2D eigenvalue weighted by molar-refractivity contribution is 5.80. The molecular formula is C23H25F3N4O2. The number of nitrogens with zero attached hydrogens (tertiary/aromatic N) is 3. The fraction of sp³-hybridized carbons (Fsp3) is 0.391. The first kappa shape index (κ1) is 22.1. The molecule has 170 valence electrons. The molecule has 1 aromatic heterocycles. The van der Waals surface area contributed by atoms with Gasteiger partial charge in [-0.1, -0.05) is 0 Å². The van der Waals surface area contributed by atoms with E-state index >= 15 is 0 Å². The molecule has 0 aliphatic carbocycles. The lowest BCUT2D eigenvalue weighted by atomic mass is 10.1. The average molecular weight is 446 g/mol. The van der Waals surface area contributed by atoms with Crippen molar-refractivity contribution in [1.82, 2.24) is 14.9 Å². The van der Waals surface area contributed by atoms with Gasteiger partial charge in [0.15, 0.2) is 0 Å². The number of fused-ring (bicyclic) bond motifs is 1. The first-order valence-corrected chi connectivity index (χ1v) is 10.6. The number of aromatic nitrogens is 2. The lowest BCUT2D eigenvalue weighted by molar-refractivity contribution is -0.274. The third-order valence-corrected chi connectivity index (χ3v) is 5.41. The predicted molar refractivity (Wildman–Crippen MR) is 116 cm³/mol. The molecule has 1 N–H and O–H groups in total. The quantitative estimate of drug-likeness (QED) is 0.538. The Labute approximate surface area is 184 Å². The Morgan fingerprint density at radius 1 is 1.03 bits per heavy atom. The minimum atomic E-state index is -4.72. The summed E-state index contributed by atoms with van der Waals surface area (Å²) in [5, 5.41) is 3.86. The lowest BCUT2D eigenvalue weighted by Gasteiger charge is -2.34. The maximum absolute atomic E-state index is 12.3. The standard InChI is InChI=1S/C23H25F3N4O2/c1-15(2)30-11-9-18(10-12-30)31-20-6-3-16-14-27-22(29-21(16)13-20)28-17-4-7-19(8-5-17)32-23(24,25)26/h3-8,13-15,18H,9-12H2,1-2H3,(H,27,28,29). The maximum Gasteiger partial charge on any atom is 0.573 e. The Hall–Kier alpha value is -3.07. The average Bonchev–Trinajstić information content (AvgIpc) is 2.74. The normalized spacial score (nSPS) is 15.8. The zero-order valence-electron chi connectivity index (χ0n) is 17.9. The number of hydrogen-bond acceptors (Lipinski definition) is 6. The van der Waals surface area contributed by atoms with Crippen molar-refractivity contribution in [2.45, 2.75) is 45.2 Å². The van der Waals surface area contributed by atoms with Crippen molar-refractivity contribution in [2.24, 2.45) is 0 Å². The fourth-order valence-corrected chi connectivity index (χ4v) is 3.71. The second kappa shape index (κ2) is 9.20. The number of anilines is 2. The van der Waals surface area contributed by atoms with Crippen molar-refractivity contribution in [1.29, 1.82) is 0 Å². The number of alkyl halides is 3. The van der Waals surface area contributed by atoms with Gasteiger partial charge in [0.2, 0.25) is 5.95 Å². The highest BCUT2D eigenvalue weighted by Crippen LogP contribution is 2.26. The summed E-state index contributed by atoms with van der Waals surface area (Å²) in [4.78, 5) is 11.2. The molecule has 6 nitrogen and oxygen atoms in total. The third-order valence-electron chi connectivity index (χ3n) is 5.41. The Kier molecular flexibility index (Phi) is 6.36. The summed E-state index contributed by atoms with van der Waals surface area (Å²) in [5.74, 6) is 0.812. The largest absolute Gasteiger partial charge is 0.573 e. The van der Waals surface area contributed by atoms with E-state index in [-0.39, 0.29) is 11.9 Å². The van der Waals surface area contributed by atoms with E-state index in [1.807, 2.05) is 18.2 Å². The van der Waals surface area contributed by atoms with Crippen molar-refractivity contribution < 1.29 is 22.6 Å². The number of rotatable bonds is 6. The molecule has 1 fully saturated rings. The molecule has 1 aliphatic rings. The zero-order chi connectivity index (χ0) is 22.7. The van der Waals surface area contributed by atoms with Gasteiger partial charge >= 0.3 is 6.36 Å². The van der Waals surface area contributed by atoms with E-state index in [1.165, 1.54) is 24.3 Å². The molecule has 0 bridgehead atoms. The zero-order valence-corrected chi connectivity index (χ0v) is 17.9. The molecule has 2 aromatic carbocycles. The number of benzene rings is 2. The van der Waals surface area contributed by atoms with E-state index in [0.29, 0.717) is 17.7 Å². The fourth-order valence-electron chi connectivity index (χ4n) is 3.71. The monoisotopic (exact) mass is 446 g/mol. The van der Waals surface area contributed by atoms with Crippen molar-refractivity contribution in [2.75, 3.05) is 18.4 Å². The number of nitrogens with one attached hydrogen (secondary N) is 1. The van der Waals surface area contributed by atoms with Crippen LogP contribution in [-0.2, 0) is 0 Å². The third kappa shape index (κ3) is 5.79. The first-order valence-electron chi connectivity index (χ1n) is 10.6. The van der Waals surface area contributed by atoms with E-state index < -0.39 is 6.36 Å². The topological polar surface area (TPSA) is 59.5 Å². The van der Waals surface area contributed by atoms with Crippen molar-refractivity contribution in [3.05, 3.63) is 48.7 Å². The molecule has 9 heteroatoms. The highest BCUT2D eigenvalue weighted by Gasteiger charge is 2.31. The second-order valence-corrected chi connectivity index (χ2v) is 8.06. The number of piperidine rings is 1. The van der Waals surface area contributed by atoms with Crippen LogP contribution in [-0.4, -0.2) is 46.5 Å². The highest BCUT2D eigenvalue weighted by atomic mass is 19.4. The summed E-state index contributed by atoms with van der Waals surface area (Å²) in [6.45, 7) is 6.47. The molecule has 3 aromatic rings. The minimum absolute atomic E-state index is 0.180. The molecule has 2 heterocycles. The number of hydrogen-bond donors (Lipinski definition) is 1. The number of likely N-dealkylation sites (tertiary alicyclic amines) is 1. The Morgan fingerprint density at radius 2 is 1.72 bits per heavy atom. The van der Waals surface area contributed by atoms with Crippen LogP contribution in [0.5, 0.6) is 11.5 Å². The van der Waals surface area contributed by atoms with Crippen LogP contribution in [0.2, 0.25) is 0 Å². The van der Waals surface area contributed by atoms with E-state index in [9.17, 15) is 13.2 Å².